The summed E-state index contributed by atoms with van der Waals surface area (Å²) >= 11 is 1.69. The lowest BCUT2D eigenvalue weighted by atomic mass is 10.1. The lowest BCUT2D eigenvalue weighted by Gasteiger charge is -2.16. The average Bonchev–Trinajstić information content (AvgIpc) is 2.92. The van der Waals surface area contributed by atoms with Crippen LogP contribution in [0.5, 0.6) is 0 Å². The van der Waals surface area contributed by atoms with E-state index in [1.54, 1.807) is 17.4 Å². The molecule has 0 atom stereocenters. The molecular formula is C16H21N3OS. The van der Waals surface area contributed by atoms with Crippen LogP contribution in [0.25, 0.3) is 0 Å². The first-order valence-electron chi connectivity index (χ1n) is 6.90. The van der Waals surface area contributed by atoms with Gasteiger partial charge in [0.2, 0.25) is 5.91 Å². The molecule has 1 aromatic heterocycles. The van der Waals surface area contributed by atoms with Crippen LogP contribution in [-0.2, 0) is 11.3 Å². The minimum Gasteiger partial charge on any atom is -0.399 e. The largest absolute Gasteiger partial charge is 0.399 e. The summed E-state index contributed by atoms with van der Waals surface area (Å²) in [5.41, 5.74) is 9.51. The SMILES string of the molecule is Cc1cc(N)ccc1NC(=O)CCN(C)Cc1ccsc1. The number of rotatable bonds is 6. The Labute approximate surface area is 129 Å². The van der Waals surface area contributed by atoms with Gasteiger partial charge in [-0.05, 0) is 60.1 Å². The third kappa shape index (κ3) is 4.88. The van der Waals surface area contributed by atoms with Gasteiger partial charge >= 0.3 is 0 Å². The van der Waals surface area contributed by atoms with E-state index in [1.807, 2.05) is 26.1 Å². The molecule has 2 rings (SSSR count). The van der Waals surface area contributed by atoms with Crippen LogP contribution in [0, 0.1) is 6.92 Å². The number of carbonyl (C=O) groups excluding carboxylic acids is 1. The van der Waals surface area contributed by atoms with E-state index in [-0.39, 0.29) is 5.91 Å². The molecule has 0 bridgehead atoms. The Morgan fingerprint density at radius 1 is 1.38 bits per heavy atom. The van der Waals surface area contributed by atoms with Gasteiger partial charge in [0.25, 0.3) is 0 Å². The van der Waals surface area contributed by atoms with Crippen molar-refractivity contribution in [3.63, 3.8) is 0 Å². The van der Waals surface area contributed by atoms with Crippen LogP contribution < -0.4 is 11.1 Å². The molecule has 4 nitrogen and oxygen atoms in total. The Morgan fingerprint density at radius 3 is 2.86 bits per heavy atom. The van der Waals surface area contributed by atoms with E-state index in [9.17, 15) is 4.79 Å². The van der Waals surface area contributed by atoms with Gasteiger partial charge in [0, 0.05) is 30.9 Å². The molecule has 0 unspecified atom stereocenters. The number of nitrogens with two attached hydrogens (primary N) is 1. The normalized spacial score (nSPS) is 10.8. The Balaban J connectivity index is 1.79. The molecule has 0 saturated heterocycles. The maximum absolute atomic E-state index is 12.0. The summed E-state index contributed by atoms with van der Waals surface area (Å²) in [5.74, 6) is 0.0278. The minimum atomic E-state index is 0.0278. The fourth-order valence-corrected chi connectivity index (χ4v) is 2.77. The van der Waals surface area contributed by atoms with Crippen molar-refractivity contribution in [1.29, 1.82) is 0 Å². The first-order valence-corrected chi connectivity index (χ1v) is 7.84. The molecule has 1 aromatic carbocycles. The number of nitrogens with one attached hydrogen (secondary N) is 1. The highest BCUT2D eigenvalue weighted by atomic mass is 32.1. The second-order valence-electron chi connectivity index (χ2n) is 5.24. The van der Waals surface area contributed by atoms with Crippen molar-refractivity contribution in [2.45, 2.75) is 19.9 Å². The van der Waals surface area contributed by atoms with Crippen LogP contribution in [0.1, 0.15) is 17.5 Å². The van der Waals surface area contributed by atoms with Crippen molar-refractivity contribution in [3.8, 4) is 0 Å². The monoisotopic (exact) mass is 303 g/mol. The van der Waals surface area contributed by atoms with Gasteiger partial charge in [0.1, 0.15) is 0 Å². The standard InChI is InChI=1S/C16H21N3OS/c1-12-9-14(17)3-4-15(12)18-16(20)5-7-19(2)10-13-6-8-21-11-13/h3-4,6,8-9,11H,5,7,10,17H2,1-2H3,(H,18,20). The fraction of sp³-hybridized carbons (Fsp3) is 0.312. The predicted octanol–water partition coefficient (Wildman–Crippen LogP) is 3.10. The highest BCUT2D eigenvalue weighted by Crippen LogP contribution is 2.17. The summed E-state index contributed by atoms with van der Waals surface area (Å²) in [6.07, 6.45) is 0.477. The molecular weight excluding hydrogens is 282 g/mol. The highest BCUT2D eigenvalue weighted by molar-refractivity contribution is 7.07. The Kier molecular flexibility index (Phi) is 5.36. The van der Waals surface area contributed by atoms with Crippen LogP contribution in [0.3, 0.4) is 0 Å². The maximum atomic E-state index is 12.0. The predicted molar refractivity (Wildman–Crippen MR) is 89.5 cm³/mol. The molecule has 112 valence electrons. The smallest absolute Gasteiger partial charge is 0.225 e. The van der Waals surface area contributed by atoms with E-state index < -0.39 is 0 Å². The van der Waals surface area contributed by atoms with E-state index in [1.165, 1.54) is 5.56 Å². The van der Waals surface area contributed by atoms with Gasteiger partial charge < -0.3 is 16.0 Å². The molecule has 1 amide bonds. The van der Waals surface area contributed by atoms with Crippen LogP contribution in [0.4, 0.5) is 11.4 Å². The number of aryl methyl sites for hydroxylation is 1. The average molecular weight is 303 g/mol. The quantitative estimate of drug-likeness (QED) is 0.806. The number of amides is 1. The molecule has 0 aliphatic rings. The van der Waals surface area contributed by atoms with Crippen LogP contribution in [0.15, 0.2) is 35.0 Å². The first kappa shape index (κ1) is 15.5. The van der Waals surface area contributed by atoms with Gasteiger partial charge in [-0.2, -0.15) is 11.3 Å². The molecule has 0 aliphatic carbocycles. The molecule has 3 N–H and O–H groups in total. The zero-order valence-corrected chi connectivity index (χ0v) is 13.2. The van der Waals surface area contributed by atoms with E-state index in [4.69, 9.17) is 5.73 Å². The van der Waals surface area contributed by atoms with Gasteiger partial charge in [-0.25, -0.2) is 0 Å². The van der Waals surface area contributed by atoms with Crippen molar-refractivity contribution in [2.24, 2.45) is 0 Å². The summed E-state index contributed by atoms with van der Waals surface area (Å²) in [4.78, 5) is 14.1. The van der Waals surface area contributed by atoms with Gasteiger partial charge in [-0.1, -0.05) is 0 Å². The van der Waals surface area contributed by atoms with E-state index in [0.29, 0.717) is 12.1 Å². The lowest BCUT2D eigenvalue weighted by molar-refractivity contribution is -0.116. The van der Waals surface area contributed by atoms with Gasteiger partial charge in [0.05, 0.1) is 0 Å². The van der Waals surface area contributed by atoms with Crippen molar-refractivity contribution in [2.75, 3.05) is 24.6 Å². The zero-order chi connectivity index (χ0) is 15.2. The third-order valence-corrected chi connectivity index (χ3v) is 4.01. The van der Waals surface area contributed by atoms with E-state index >= 15 is 0 Å². The van der Waals surface area contributed by atoms with Crippen LogP contribution >= 0.6 is 11.3 Å². The number of hydrogen-bond acceptors (Lipinski definition) is 4. The number of hydrogen-bond donors (Lipinski definition) is 2. The summed E-state index contributed by atoms with van der Waals surface area (Å²) in [5, 5.41) is 7.13. The van der Waals surface area contributed by atoms with Crippen LogP contribution in [0.2, 0.25) is 0 Å². The van der Waals surface area contributed by atoms with E-state index in [0.717, 1.165) is 24.3 Å². The second kappa shape index (κ2) is 7.24. The van der Waals surface area contributed by atoms with Gasteiger partial charge in [-0.15, -0.1) is 0 Å². The van der Waals surface area contributed by atoms with Crippen LogP contribution in [-0.4, -0.2) is 24.4 Å². The second-order valence-corrected chi connectivity index (χ2v) is 6.02. The maximum Gasteiger partial charge on any atom is 0.225 e. The van der Waals surface area contributed by atoms with Gasteiger partial charge in [0.15, 0.2) is 0 Å². The third-order valence-electron chi connectivity index (χ3n) is 3.28. The summed E-state index contributed by atoms with van der Waals surface area (Å²) in [7, 11) is 2.03. The Bertz CT molecular complexity index is 596. The van der Waals surface area contributed by atoms with Gasteiger partial charge in [-0.3, -0.25) is 4.79 Å². The molecule has 0 radical (unpaired) electrons. The molecule has 5 heteroatoms. The molecule has 0 fully saturated rings. The molecule has 21 heavy (non-hydrogen) atoms. The number of carbonyl (C=O) groups is 1. The number of nitrogen functional groups attached to an aromatic ring is 1. The fourth-order valence-electron chi connectivity index (χ4n) is 2.11. The number of anilines is 2. The minimum absolute atomic E-state index is 0.0278. The lowest BCUT2D eigenvalue weighted by Crippen LogP contribution is -2.24. The Morgan fingerprint density at radius 2 is 2.19 bits per heavy atom. The number of nitrogens with zero attached hydrogens (tertiary/aromatic N) is 1. The van der Waals surface area contributed by atoms with Crippen molar-refractivity contribution < 1.29 is 4.79 Å². The number of thiophene rings is 1. The molecule has 2 aromatic rings. The van der Waals surface area contributed by atoms with Crippen molar-refractivity contribution in [1.82, 2.24) is 4.90 Å². The summed E-state index contributed by atoms with van der Waals surface area (Å²) in [6.45, 7) is 3.54. The Hall–Kier alpha value is -1.85. The molecule has 0 spiro atoms. The highest BCUT2D eigenvalue weighted by Gasteiger charge is 2.07. The summed E-state index contributed by atoms with van der Waals surface area (Å²) in [6, 6.07) is 7.61. The molecule has 0 aliphatic heterocycles. The zero-order valence-electron chi connectivity index (χ0n) is 12.4. The summed E-state index contributed by atoms with van der Waals surface area (Å²) < 4.78 is 0. The first-order chi connectivity index (χ1) is 10.0. The van der Waals surface area contributed by atoms with Crippen molar-refractivity contribution in [3.05, 3.63) is 46.2 Å². The number of benzene rings is 1. The topological polar surface area (TPSA) is 58.4 Å². The molecule has 1 heterocycles. The van der Waals surface area contributed by atoms with Crippen molar-refractivity contribution >= 4 is 28.6 Å². The van der Waals surface area contributed by atoms with E-state index in [2.05, 4.69) is 27.0 Å². The molecule has 0 saturated carbocycles.